The number of non-ortho nitro benzene ring substituents is 1. The Hall–Kier alpha value is -3.94. The molecule has 8 heteroatoms. The van der Waals surface area contributed by atoms with Crippen LogP contribution in [-0.4, -0.2) is 22.6 Å². The molecule has 1 aromatic heterocycles. The molecule has 0 N–H and O–H groups in total. The number of nitro groups is 1. The first kappa shape index (κ1) is 20.3. The number of carbonyl (C=O) groups is 1. The van der Waals surface area contributed by atoms with E-state index < -0.39 is 11.1 Å². The molecular formula is C23H21N3O5. The van der Waals surface area contributed by atoms with Gasteiger partial charge in [-0.2, -0.15) is 0 Å². The number of rotatable bonds is 5. The largest absolute Gasteiger partial charge is 0.519 e. The summed E-state index contributed by atoms with van der Waals surface area (Å²) in [6, 6.07) is 14.8. The second-order valence-corrected chi connectivity index (χ2v) is 7.98. The zero-order valence-electron chi connectivity index (χ0n) is 17.1. The molecule has 1 aliphatic rings. The molecule has 0 fully saturated rings. The second-order valence-electron chi connectivity index (χ2n) is 7.98. The highest BCUT2D eigenvalue weighted by molar-refractivity contribution is 5.70. The minimum absolute atomic E-state index is 0.0853. The molecule has 0 amide bonds. The van der Waals surface area contributed by atoms with E-state index in [4.69, 9.17) is 9.47 Å². The molecule has 0 unspecified atom stereocenters. The zero-order chi connectivity index (χ0) is 22.0. The summed E-state index contributed by atoms with van der Waals surface area (Å²) >= 11 is 0. The Labute approximate surface area is 179 Å². The number of carbonyl (C=O) groups excluding carboxylic acids is 1. The van der Waals surface area contributed by atoms with Gasteiger partial charge in [0.2, 0.25) is 0 Å². The smallest absolute Gasteiger partial charge is 0.395 e. The van der Waals surface area contributed by atoms with Crippen LogP contribution in [0.2, 0.25) is 0 Å². The maximum absolute atomic E-state index is 12.2. The van der Waals surface area contributed by atoms with E-state index in [1.165, 1.54) is 29.8 Å². The first-order valence-electron chi connectivity index (χ1n) is 9.74. The maximum Gasteiger partial charge on any atom is 0.519 e. The van der Waals surface area contributed by atoms with Gasteiger partial charge in [-0.05, 0) is 53.6 Å². The van der Waals surface area contributed by atoms with Crippen molar-refractivity contribution < 1.29 is 19.2 Å². The summed E-state index contributed by atoms with van der Waals surface area (Å²) in [6.45, 7) is 5.90. The monoisotopic (exact) mass is 419 g/mol. The van der Waals surface area contributed by atoms with Gasteiger partial charge in [-0.15, -0.1) is 0 Å². The van der Waals surface area contributed by atoms with Crippen molar-refractivity contribution >= 4 is 17.5 Å². The lowest BCUT2D eigenvalue weighted by atomic mass is 9.87. The van der Waals surface area contributed by atoms with Crippen LogP contribution < -0.4 is 14.4 Å². The van der Waals surface area contributed by atoms with Crippen molar-refractivity contribution in [1.82, 2.24) is 4.98 Å². The van der Waals surface area contributed by atoms with Crippen molar-refractivity contribution in [1.29, 1.82) is 0 Å². The lowest BCUT2D eigenvalue weighted by Gasteiger charge is -2.22. The SMILES string of the molecule is CC1(C)CN(Cc2ccncc2)c2ccc(OC(=O)Oc3ccc([N+](=O)[O-])cc3)cc21. The van der Waals surface area contributed by atoms with E-state index >= 15 is 0 Å². The fraction of sp³-hybridized carbons (Fsp3) is 0.217. The summed E-state index contributed by atoms with van der Waals surface area (Å²) in [5.41, 5.74) is 3.15. The Kier molecular flexibility index (Phi) is 5.29. The van der Waals surface area contributed by atoms with Crippen LogP contribution in [0.1, 0.15) is 25.0 Å². The van der Waals surface area contributed by atoms with Crippen LogP contribution in [0.4, 0.5) is 16.2 Å². The highest BCUT2D eigenvalue weighted by atomic mass is 16.7. The number of nitro benzene ring substituents is 1. The number of anilines is 1. The number of aromatic nitrogens is 1. The molecule has 1 aliphatic heterocycles. The quantitative estimate of drug-likeness (QED) is 0.252. The predicted octanol–water partition coefficient (Wildman–Crippen LogP) is 4.87. The summed E-state index contributed by atoms with van der Waals surface area (Å²) < 4.78 is 10.5. The van der Waals surface area contributed by atoms with Crippen LogP contribution in [0.5, 0.6) is 11.5 Å². The number of nitrogens with zero attached hydrogens (tertiary/aromatic N) is 3. The van der Waals surface area contributed by atoms with Crippen LogP contribution in [-0.2, 0) is 12.0 Å². The van der Waals surface area contributed by atoms with Gasteiger partial charge >= 0.3 is 6.16 Å². The molecule has 2 heterocycles. The molecular weight excluding hydrogens is 398 g/mol. The van der Waals surface area contributed by atoms with Crippen LogP contribution in [0, 0.1) is 10.1 Å². The Bertz CT molecular complexity index is 1110. The van der Waals surface area contributed by atoms with Crippen LogP contribution in [0.25, 0.3) is 0 Å². The summed E-state index contributed by atoms with van der Waals surface area (Å²) in [5, 5.41) is 10.7. The van der Waals surface area contributed by atoms with Crippen LogP contribution >= 0.6 is 0 Å². The fourth-order valence-electron chi connectivity index (χ4n) is 3.74. The molecule has 8 nitrogen and oxygen atoms in total. The number of fused-ring (bicyclic) bond motifs is 1. The molecule has 0 saturated carbocycles. The first-order valence-corrected chi connectivity index (χ1v) is 9.74. The molecule has 0 aliphatic carbocycles. The minimum atomic E-state index is -0.904. The van der Waals surface area contributed by atoms with Gasteiger partial charge in [0.15, 0.2) is 0 Å². The predicted molar refractivity (Wildman–Crippen MR) is 115 cm³/mol. The second kappa shape index (κ2) is 8.06. The Balaban J connectivity index is 1.47. The number of hydrogen-bond acceptors (Lipinski definition) is 7. The highest BCUT2D eigenvalue weighted by Crippen LogP contribution is 2.42. The average molecular weight is 419 g/mol. The van der Waals surface area contributed by atoms with E-state index in [9.17, 15) is 14.9 Å². The van der Waals surface area contributed by atoms with Gasteiger partial charge in [0, 0.05) is 48.7 Å². The molecule has 4 rings (SSSR count). The van der Waals surface area contributed by atoms with E-state index in [1.54, 1.807) is 18.5 Å². The molecule has 158 valence electrons. The third-order valence-electron chi connectivity index (χ3n) is 5.20. The van der Waals surface area contributed by atoms with E-state index in [1.807, 2.05) is 24.3 Å². The molecule has 0 bridgehead atoms. The summed E-state index contributed by atoms with van der Waals surface area (Å²) in [7, 11) is 0. The molecule has 0 spiro atoms. The third kappa shape index (κ3) is 4.48. The number of pyridine rings is 1. The van der Waals surface area contributed by atoms with Crippen molar-refractivity contribution in [2.24, 2.45) is 0 Å². The molecule has 0 atom stereocenters. The molecule has 0 radical (unpaired) electrons. The van der Waals surface area contributed by atoms with Crippen molar-refractivity contribution in [3.8, 4) is 11.5 Å². The van der Waals surface area contributed by atoms with Gasteiger partial charge in [-0.25, -0.2) is 4.79 Å². The maximum atomic E-state index is 12.2. The molecule has 2 aromatic carbocycles. The molecule has 3 aromatic rings. The van der Waals surface area contributed by atoms with Gasteiger partial charge < -0.3 is 14.4 Å². The molecule has 0 saturated heterocycles. The van der Waals surface area contributed by atoms with Gasteiger partial charge in [0.25, 0.3) is 5.69 Å². The zero-order valence-corrected chi connectivity index (χ0v) is 17.1. The van der Waals surface area contributed by atoms with E-state index in [-0.39, 0.29) is 16.9 Å². The van der Waals surface area contributed by atoms with Crippen LogP contribution in [0.3, 0.4) is 0 Å². The standard InChI is InChI=1S/C23H21N3O5/c1-23(2)15-25(14-16-9-11-24-12-10-16)21-8-7-19(13-20(21)23)31-22(27)30-18-5-3-17(4-6-18)26(28)29/h3-13H,14-15H2,1-2H3. The van der Waals surface area contributed by atoms with Crippen molar-refractivity contribution in [3.63, 3.8) is 0 Å². The Morgan fingerprint density at radius 3 is 2.39 bits per heavy atom. The van der Waals surface area contributed by atoms with Crippen molar-refractivity contribution in [2.45, 2.75) is 25.8 Å². The highest BCUT2D eigenvalue weighted by Gasteiger charge is 2.35. The van der Waals surface area contributed by atoms with E-state index in [0.29, 0.717) is 5.75 Å². The van der Waals surface area contributed by atoms with Crippen molar-refractivity contribution in [2.75, 3.05) is 11.4 Å². The molecule has 31 heavy (non-hydrogen) atoms. The van der Waals surface area contributed by atoms with Gasteiger partial charge in [0.1, 0.15) is 11.5 Å². The lowest BCUT2D eigenvalue weighted by Crippen LogP contribution is -2.28. The fourth-order valence-corrected chi connectivity index (χ4v) is 3.74. The van der Waals surface area contributed by atoms with E-state index in [0.717, 1.165) is 24.3 Å². The Morgan fingerprint density at radius 2 is 1.71 bits per heavy atom. The van der Waals surface area contributed by atoms with Gasteiger partial charge in [0.05, 0.1) is 4.92 Å². The average Bonchev–Trinajstić information content (AvgIpc) is 2.98. The topological polar surface area (TPSA) is 94.8 Å². The Morgan fingerprint density at radius 1 is 1.06 bits per heavy atom. The van der Waals surface area contributed by atoms with Gasteiger partial charge in [-0.3, -0.25) is 15.1 Å². The third-order valence-corrected chi connectivity index (χ3v) is 5.20. The number of ether oxygens (including phenoxy) is 2. The van der Waals surface area contributed by atoms with Crippen molar-refractivity contribution in [3.05, 3.63) is 88.2 Å². The normalized spacial score (nSPS) is 14.1. The van der Waals surface area contributed by atoms with Crippen LogP contribution in [0.15, 0.2) is 67.0 Å². The summed E-state index contributed by atoms with van der Waals surface area (Å²) in [6.07, 6.45) is 2.66. The van der Waals surface area contributed by atoms with E-state index in [2.05, 4.69) is 23.7 Å². The number of benzene rings is 2. The number of hydrogen-bond donors (Lipinski definition) is 0. The minimum Gasteiger partial charge on any atom is -0.395 e. The lowest BCUT2D eigenvalue weighted by molar-refractivity contribution is -0.384. The summed E-state index contributed by atoms with van der Waals surface area (Å²) in [4.78, 5) is 28.7. The first-order chi connectivity index (χ1) is 14.8. The van der Waals surface area contributed by atoms with Gasteiger partial charge in [-0.1, -0.05) is 13.8 Å². The summed E-state index contributed by atoms with van der Waals surface area (Å²) in [5.74, 6) is 0.546.